The lowest BCUT2D eigenvalue weighted by Crippen LogP contribution is -1.97. The highest BCUT2D eigenvalue weighted by Gasteiger charge is 2.11. The van der Waals surface area contributed by atoms with Crippen molar-refractivity contribution in [3.8, 4) is 17.9 Å². The molecule has 1 aromatic rings. The van der Waals surface area contributed by atoms with Crippen LogP contribution in [0.2, 0.25) is 0 Å². The highest BCUT2D eigenvalue weighted by Crippen LogP contribution is 2.27. The van der Waals surface area contributed by atoms with Crippen LogP contribution >= 0.6 is 0 Å². The first-order valence-electron chi connectivity index (χ1n) is 5.36. The Kier molecular flexibility index (Phi) is 3.05. The average Bonchev–Trinajstić information content (AvgIpc) is 2.58. The molecule has 0 aliphatic heterocycles. The highest BCUT2D eigenvalue weighted by molar-refractivity contribution is 5.33. The van der Waals surface area contributed by atoms with Crippen LogP contribution in [0, 0.1) is 23.2 Å². The Morgan fingerprint density at radius 3 is 2.20 bits per heavy atom. The molecule has 1 nitrogen and oxygen atoms in total. The van der Waals surface area contributed by atoms with Gasteiger partial charge in [-0.05, 0) is 36.5 Å². The molecule has 0 bridgehead atoms. The second-order valence-electron chi connectivity index (χ2n) is 3.86. The van der Waals surface area contributed by atoms with E-state index in [-0.39, 0.29) is 0 Å². The van der Waals surface area contributed by atoms with Crippen molar-refractivity contribution in [2.75, 3.05) is 0 Å². The van der Waals surface area contributed by atoms with Crippen LogP contribution in [0.3, 0.4) is 0 Å². The number of hydrogen-bond acceptors (Lipinski definition) is 1. The van der Waals surface area contributed by atoms with Gasteiger partial charge in [0.1, 0.15) is 0 Å². The Bertz CT molecular complexity index is 413. The summed E-state index contributed by atoms with van der Waals surface area (Å²) in [7, 11) is 0. The third kappa shape index (κ3) is 2.39. The molecule has 15 heavy (non-hydrogen) atoms. The average molecular weight is 195 g/mol. The van der Waals surface area contributed by atoms with Crippen LogP contribution in [0.5, 0.6) is 0 Å². The molecule has 0 atom stereocenters. The van der Waals surface area contributed by atoms with Crippen molar-refractivity contribution in [2.24, 2.45) is 0 Å². The smallest absolute Gasteiger partial charge is 0.0991 e. The molecule has 2 rings (SSSR count). The van der Waals surface area contributed by atoms with Gasteiger partial charge in [-0.15, -0.1) is 11.8 Å². The Hall–Kier alpha value is -1.73. The van der Waals surface area contributed by atoms with Gasteiger partial charge in [0, 0.05) is 12.8 Å². The molecule has 0 heterocycles. The summed E-state index contributed by atoms with van der Waals surface area (Å²) < 4.78 is 0. The lowest BCUT2D eigenvalue weighted by atomic mass is 9.91. The summed E-state index contributed by atoms with van der Waals surface area (Å²) >= 11 is 0. The van der Waals surface area contributed by atoms with Crippen molar-refractivity contribution in [2.45, 2.75) is 31.6 Å². The van der Waals surface area contributed by atoms with E-state index in [1.165, 1.54) is 5.56 Å². The summed E-state index contributed by atoms with van der Waals surface area (Å²) in [6, 6.07) is 10.1. The SMILES string of the molecule is N#Cc1ccc(C2CCC#CCC2)cc1. The maximum Gasteiger partial charge on any atom is 0.0991 e. The van der Waals surface area contributed by atoms with Gasteiger partial charge < -0.3 is 0 Å². The number of rotatable bonds is 1. The van der Waals surface area contributed by atoms with E-state index in [0.29, 0.717) is 5.92 Å². The van der Waals surface area contributed by atoms with Gasteiger partial charge in [0.25, 0.3) is 0 Å². The van der Waals surface area contributed by atoms with Crippen LogP contribution in [0.25, 0.3) is 0 Å². The van der Waals surface area contributed by atoms with E-state index in [2.05, 4.69) is 30.0 Å². The second kappa shape index (κ2) is 4.67. The summed E-state index contributed by atoms with van der Waals surface area (Å²) in [6.45, 7) is 0. The van der Waals surface area contributed by atoms with Crippen LogP contribution < -0.4 is 0 Å². The van der Waals surface area contributed by atoms with Crippen molar-refractivity contribution >= 4 is 0 Å². The molecule has 1 heteroatoms. The van der Waals surface area contributed by atoms with Crippen LogP contribution in [-0.2, 0) is 0 Å². The van der Waals surface area contributed by atoms with Gasteiger partial charge in [0.15, 0.2) is 0 Å². The molecule has 0 amide bonds. The van der Waals surface area contributed by atoms with E-state index in [1.54, 1.807) is 0 Å². The summed E-state index contributed by atoms with van der Waals surface area (Å²) in [5.74, 6) is 6.95. The zero-order chi connectivity index (χ0) is 10.5. The number of benzene rings is 1. The quantitative estimate of drug-likeness (QED) is 0.631. The Labute approximate surface area is 90.7 Å². The standard InChI is InChI=1S/C14H13N/c15-11-12-7-9-14(10-8-12)13-5-3-1-2-4-6-13/h7-10,13H,3-6H2. The number of nitriles is 1. The predicted octanol–water partition coefficient (Wildman–Crippen LogP) is 3.22. The zero-order valence-corrected chi connectivity index (χ0v) is 8.66. The van der Waals surface area contributed by atoms with Gasteiger partial charge in [-0.1, -0.05) is 12.1 Å². The number of hydrogen-bond donors (Lipinski definition) is 0. The van der Waals surface area contributed by atoms with Gasteiger partial charge >= 0.3 is 0 Å². The lowest BCUT2D eigenvalue weighted by molar-refractivity contribution is 0.606. The molecule has 0 unspecified atom stereocenters. The molecule has 0 fully saturated rings. The summed E-state index contributed by atoms with van der Waals surface area (Å²) in [5, 5.41) is 8.71. The number of nitrogens with zero attached hydrogens (tertiary/aromatic N) is 1. The van der Waals surface area contributed by atoms with E-state index in [1.807, 2.05) is 12.1 Å². The summed E-state index contributed by atoms with van der Waals surface area (Å²) in [5.41, 5.74) is 2.09. The summed E-state index contributed by atoms with van der Waals surface area (Å²) in [4.78, 5) is 0. The zero-order valence-electron chi connectivity index (χ0n) is 8.66. The first-order chi connectivity index (χ1) is 7.40. The fraction of sp³-hybridized carbons (Fsp3) is 0.357. The molecule has 1 aliphatic carbocycles. The van der Waals surface area contributed by atoms with Crippen LogP contribution in [-0.4, -0.2) is 0 Å². The van der Waals surface area contributed by atoms with E-state index in [9.17, 15) is 0 Å². The van der Waals surface area contributed by atoms with E-state index >= 15 is 0 Å². The maximum atomic E-state index is 8.71. The lowest BCUT2D eigenvalue weighted by Gasteiger charge is -2.13. The fourth-order valence-corrected chi connectivity index (χ4v) is 1.98. The third-order valence-corrected chi connectivity index (χ3v) is 2.87. The Balaban J connectivity index is 2.12. The summed E-state index contributed by atoms with van der Waals surface area (Å²) in [6.07, 6.45) is 4.31. The van der Waals surface area contributed by atoms with Crippen molar-refractivity contribution in [1.29, 1.82) is 5.26 Å². The molecule has 0 aromatic heterocycles. The largest absolute Gasteiger partial charge is 0.192 e. The molecule has 0 saturated carbocycles. The Morgan fingerprint density at radius 1 is 1.07 bits per heavy atom. The van der Waals surface area contributed by atoms with Gasteiger partial charge in [0.2, 0.25) is 0 Å². The normalized spacial score (nSPS) is 15.9. The molecule has 0 spiro atoms. The van der Waals surface area contributed by atoms with Crippen molar-refractivity contribution in [3.05, 3.63) is 35.4 Å². The van der Waals surface area contributed by atoms with Crippen LogP contribution in [0.4, 0.5) is 0 Å². The third-order valence-electron chi connectivity index (χ3n) is 2.87. The van der Waals surface area contributed by atoms with Crippen molar-refractivity contribution < 1.29 is 0 Å². The first kappa shape index (κ1) is 9.81. The first-order valence-corrected chi connectivity index (χ1v) is 5.36. The minimum Gasteiger partial charge on any atom is -0.192 e. The molecule has 0 N–H and O–H groups in total. The van der Waals surface area contributed by atoms with Gasteiger partial charge in [0.05, 0.1) is 11.6 Å². The minimum absolute atomic E-state index is 0.611. The molecule has 74 valence electrons. The van der Waals surface area contributed by atoms with E-state index in [4.69, 9.17) is 5.26 Å². The topological polar surface area (TPSA) is 23.8 Å². The molecule has 1 aliphatic rings. The molecular formula is C14H13N. The van der Waals surface area contributed by atoms with E-state index < -0.39 is 0 Å². The molecule has 1 aromatic carbocycles. The maximum absolute atomic E-state index is 8.71. The van der Waals surface area contributed by atoms with Crippen LogP contribution in [0.1, 0.15) is 42.7 Å². The monoisotopic (exact) mass is 195 g/mol. The Morgan fingerprint density at radius 2 is 1.67 bits per heavy atom. The van der Waals surface area contributed by atoms with Crippen molar-refractivity contribution in [3.63, 3.8) is 0 Å². The molecule has 0 radical (unpaired) electrons. The molecule has 0 saturated heterocycles. The van der Waals surface area contributed by atoms with Gasteiger partial charge in [-0.2, -0.15) is 5.26 Å². The van der Waals surface area contributed by atoms with Crippen LogP contribution in [0.15, 0.2) is 24.3 Å². The predicted molar refractivity (Wildman–Crippen MR) is 60.1 cm³/mol. The molecular weight excluding hydrogens is 182 g/mol. The fourth-order valence-electron chi connectivity index (χ4n) is 1.98. The minimum atomic E-state index is 0.611. The van der Waals surface area contributed by atoms with Gasteiger partial charge in [-0.25, -0.2) is 0 Å². The van der Waals surface area contributed by atoms with E-state index in [0.717, 1.165) is 31.2 Å². The highest BCUT2D eigenvalue weighted by atomic mass is 14.2. The second-order valence-corrected chi connectivity index (χ2v) is 3.86. The van der Waals surface area contributed by atoms with Crippen molar-refractivity contribution in [1.82, 2.24) is 0 Å². The van der Waals surface area contributed by atoms with Gasteiger partial charge in [-0.3, -0.25) is 0 Å².